The number of hydrogen-bond acceptors (Lipinski definition) is 8. The number of ether oxygens (including phenoxy) is 3. The fourth-order valence-electron chi connectivity index (χ4n) is 4.64. The number of aliphatic hydroxyl groups excluding tert-OH is 2. The number of hydrogen-bond donors (Lipinski definition) is 3. The number of fused-ring (bicyclic) bond motifs is 1. The molecule has 0 spiro atoms. The number of thiazole rings is 1. The van der Waals surface area contributed by atoms with Crippen molar-refractivity contribution in [3.05, 3.63) is 51.5 Å². The van der Waals surface area contributed by atoms with Crippen LogP contribution in [0.15, 0.2) is 24.3 Å². The van der Waals surface area contributed by atoms with E-state index in [9.17, 15) is 20.1 Å². The van der Waals surface area contributed by atoms with Crippen molar-refractivity contribution >= 4 is 27.5 Å². The summed E-state index contributed by atoms with van der Waals surface area (Å²) in [5.74, 6) is 0.126. The fourth-order valence-corrected chi connectivity index (χ4v) is 5.74. The Labute approximate surface area is 208 Å². The van der Waals surface area contributed by atoms with E-state index >= 15 is 0 Å². The Kier molecular flexibility index (Phi) is 7.91. The summed E-state index contributed by atoms with van der Waals surface area (Å²) in [6.45, 7) is 1.63. The van der Waals surface area contributed by atoms with Gasteiger partial charge in [-0.1, -0.05) is 12.8 Å². The maximum atomic E-state index is 11.8. The normalized spacial score (nSPS) is 15.9. The molecule has 1 saturated carbocycles. The van der Waals surface area contributed by atoms with Gasteiger partial charge in [-0.3, -0.25) is 0 Å². The molecule has 0 bridgehead atoms. The second-order valence-corrected chi connectivity index (χ2v) is 9.96. The third kappa shape index (κ3) is 5.43. The van der Waals surface area contributed by atoms with Crippen LogP contribution in [-0.4, -0.2) is 52.7 Å². The van der Waals surface area contributed by atoms with Gasteiger partial charge in [-0.25, -0.2) is 9.78 Å². The van der Waals surface area contributed by atoms with E-state index in [0.717, 1.165) is 31.2 Å². The lowest BCUT2D eigenvalue weighted by Crippen LogP contribution is -2.29. The number of carbonyl (C=O) groups is 1. The first kappa shape index (κ1) is 25.4. The molecule has 1 aliphatic carbocycles. The highest BCUT2D eigenvalue weighted by molar-refractivity contribution is 7.18. The molecule has 0 saturated heterocycles. The van der Waals surface area contributed by atoms with E-state index in [0.29, 0.717) is 44.3 Å². The third-order valence-corrected chi connectivity index (χ3v) is 7.55. The molecular weight excluding hydrogens is 470 g/mol. The zero-order valence-corrected chi connectivity index (χ0v) is 20.9. The Bertz CT molecular complexity index is 1180. The average Bonchev–Trinajstić information content (AvgIpc) is 3.51. The molecule has 4 rings (SSSR count). The van der Waals surface area contributed by atoms with Crippen LogP contribution in [-0.2, 0) is 17.8 Å². The lowest BCUT2D eigenvalue weighted by Gasteiger charge is -2.27. The first-order valence-corrected chi connectivity index (χ1v) is 12.5. The minimum absolute atomic E-state index is 0.0499. The summed E-state index contributed by atoms with van der Waals surface area (Å²) in [4.78, 5) is 16.4. The molecule has 0 amide bonds. The topological polar surface area (TPSA) is 118 Å². The Balaban J connectivity index is 1.70. The molecule has 2 atom stereocenters. The summed E-state index contributed by atoms with van der Waals surface area (Å²) in [5.41, 5.74) is 2.40. The van der Waals surface area contributed by atoms with Gasteiger partial charge in [0.15, 0.2) is 0 Å². The summed E-state index contributed by atoms with van der Waals surface area (Å²) < 4.78 is 18.1. The van der Waals surface area contributed by atoms with Crippen molar-refractivity contribution in [3.63, 3.8) is 0 Å². The number of aromatic carboxylic acids is 1. The zero-order valence-electron chi connectivity index (χ0n) is 20.1. The Morgan fingerprint density at radius 1 is 1.14 bits per heavy atom. The summed E-state index contributed by atoms with van der Waals surface area (Å²) in [7, 11) is 3.15. The molecule has 0 radical (unpaired) electrons. The van der Waals surface area contributed by atoms with E-state index in [1.165, 1.54) is 17.4 Å². The summed E-state index contributed by atoms with van der Waals surface area (Å²) in [6.07, 6.45) is 2.84. The van der Waals surface area contributed by atoms with Gasteiger partial charge in [0.05, 0.1) is 53.8 Å². The molecule has 35 heavy (non-hydrogen) atoms. The Morgan fingerprint density at radius 2 is 1.80 bits per heavy atom. The number of aromatic nitrogens is 1. The highest BCUT2D eigenvalue weighted by atomic mass is 32.1. The van der Waals surface area contributed by atoms with Crippen molar-refractivity contribution in [1.82, 2.24) is 4.98 Å². The highest BCUT2D eigenvalue weighted by Gasteiger charge is 2.30. The van der Waals surface area contributed by atoms with Crippen molar-refractivity contribution in [2.75, 3.05) is 14.2 Å². The summed E-state index contributed by atoms with van der Waals surface area (Å²) >= 11 is 1.35. The van der Waals surface area contributed by atoms with Gasteiger partial charge in [0.25, 0.3) is 0 Å². The second-order valence-electron chi connectivity index (χ2n) is 8.84. The predicted molar refractivity (Wildman–Crippen MR) is 133 cm³/mol. The first-order valence-electron chi connectivity index (χ1n) is 11.7. The van der Waals surface area contributed by atoms with Crippen molar-refractivity contribution < 1.29 is 34.3 Å². The largest absolute Gasteiger partial charge is 0.496 e. The van der Waals surface area contributed by atoms with Crippen LogP contribution in [0.4, 0.5) is 0 Å². The molecular formula is C26H31NO7S. The van der Waals surface area contributed by atoms with Gasteiger partial charge in [0, 0.05) is 12.0 Å². The third-order valence-electron chi connectivity index (χ3n) is 6.53. The SMILES string of the molecule is COc1cc([C@@H](O)[C@H](Cc2nc3c(C(=O)O)cc(CO)cc3s2)OC2CCCC2)cc(OC)c1C. The van der Waals surface area contributed by atoms with Gasteiger partial charge >= 0.3 is 5.97 Å². The van der Waals surface area contributed by atoms with E-state index in [1.807, 2.05) is 6.92 Å². The molecule has 2 aromatic carbocycles. The number of benzene rings is 2. The van der Waals surface area contributed by atoms with Crippen molar-refractivity contribution in [2.24, 2.45) is 0 Å². The van der Waals surface area contributed by atoms with Gasteiger partial charge in [0.2, 0.25) is 0 Å². The van der Waals surface area contributed by atoms with Crippen LogP contribution in [0, 0.1) is 6.92 Å². The number of carboxylic acid groups (broad SMARTS) is 1. The Hall–Kier alpha value is -2.72. The van der Waals surface area contributed by atoms with Crippen molar-refractivity contribution in [3.8, 4) is 11.5 Å². The monoisotopic (exact) mass is 501 g/mol. The molecule has 188 valence electrons. The highest BCUT2D eigenvalue weighted by Crippen LogP contribution is 2.36. The number of nitrogens with zero attached hydrogens (tertiary/aromatic N) is 1. The molecule has 9 heteroatoms. The minimum atomic E-state index is -1.10. The van der Waals surface area contributed by atoms with Crippen LogP contribution in [0.3, 0.4) is 0 Å². The summed E-state index contributed by atoms with van der Waals surface area (Å²) in [6, 6.07) is 6.78. The van der Waals surface area contributed by atoms with Gasteiger partial charge in [-0.05, 0) is 55.2 Å². The number of rotatable bonds is 10. The van der Waals surface area contributed by atoms with Crippen LogP contribution in [0.25, 0.3) is 10.2 Å². The predicted octanol–water partition coefficient (Wildman–Crippen LogP) is 4.42. The van der Waals surface area contributed by atoms with Gasteiger partial charge in [-0.15, -0.1) is 11.3 Å². The van der Waals surface area contributed by atoms with Crippen LogP contribution in [0.2, 0.25) is 0 Å². The zero-order chi connectivity index (χ0) is 25.1. The van der Waals surface area contributed by atoms with Crippen LogP contribution >= 0.6 is 11.3 Å². The molecule has 1 fully saturated rings. The standard InChI is InChI=1S/C26H31NO7S/c1-14-19(32-2)10-16(11-20(14)33-3)25(29)21(34-17-6-4-5-7-17)12-23-27-24-18(26(30)31)8-15(13-28)9-22(24)35-23/h8-11,17,21,25,28-29H,4-7,12-13H2,1-3H3,(H,30,31)/t21-,25+/m0/s1. The van der Waals surface area contributed by atoms with Crippen LogP contribution in [0.5, 0.6) is 11.5 Å². The lowest BCUT2D eigenvalue weighted by atomic mass is 9.99. The molecule has 0 aliphatic heterocycles. The van der Waals surface area contributed by atoms with Gasteiger partial charge < -0.3 is 29.5 Å². The first-order chi connectivity index (χ1) is 16.8. The van der Waals surface area contributed by atoms with E-state index in [-0.39, 0.29) is 18.3 Å². The van der Waals surface area contributed by atoms with E-state index < -0.39 is 18.2 Å². The maximum Gasteiger partial charge on any atom is 0.337 e. The fraction of sp³-hybridized carbons (Fsp3) is 0.462. The molecule has 1 heterocycles. The van der Waals surface area contributed by atoms with E-state index in [1.54, 1.807) is 32.4 Å². The quantitative estimate of drug-likeness (QED) is 0.374. The Morgan fingerprint density at radius 3 is 2.37 bits per heavy atom. The average molecular weight is 502 g/mol. The molecule has 1 aromatic heterocycles. The lowest BCUT2D eigenvalue weighted by molar-refractivity contribution is -0.0753. The van der Waals surface area contributed by atoms with E-state index in [4.69, 9.17) is 14.2 Å². The molecule has 8 nitrogen and oxygen atoms in total. The minimum Gasteiger partial charge on any atom is -0.496 e. The number of methoxy groups -OCH3 is 2. The van der Waals surface area contributed by atoms with Crippen molar-refractivity contribution in [2.45, 2.75) is 63.9 Å². The van der Waals surface area contributed by atoms with Crippen LogP contribution in [0.1, 0.15) is 63.8 Å². The van der Waals surface area contributed by atoms with Crippen LogP contribution < -0.4 is 9.47 Å². The van der Waals surface area contributed by atoms with Gasteiger partial charge in [0.1, 0.15) is 17.6 Å². The molecule has 1 aliphatic rings. The van der Waals surface area contributed by atoms with E-state index in [2.05, 4.69) is 4.98 Å². The maximum absolute atomic E-state index is 11.8. The summed E-state index contributed by atoms with van der Waals surface area (Å²) in [5, 5.41) is 31.3. The molecule has 0 unspecified atom stereocenters. The number of carboxylic acids is 1. The molecule has 3 aromatic rings. The molecule has 3 N–H and O–H groups in total. The van der Waals surface area contributed by atoms with Crippen molar-refractivity contribution in [1.29, 1.82) is 0 Å². The smallest absolute Gasteiger partial charge is 0.337 e. The number of aliphatic hydroxyl groups is 2. The second kappa shape index (κ2) is 10.9. The van der Waals surface area contributed by atoms with Gasteiger partial charge in [-0.2, -0.15) is 0 Å².